The van der Waals surface area contributed by atoms with Crippen LogP contribution < -0.4 is 0 Å². The monoisotopic (exact) mass is 394 g/mol. The molecule has 0 aliphatic heterocycles. The van der Waals surface area contributed by atoms with Gasteiger partial charge in [-0.25, -0.2) is 16.8 Å². The lowest BCUT2D eigenvalue weighted by Crippen LogP contribution is -2.16. The van der Waals surface area contributed by atoms with Gasteiger partial charge in [0.05, 0.1) is 9.79 Å². The lowest BCUT2D eigenvalue weighted by Gasteiger charge is -2.17. The summed E-state index contributed by atoms with van der Waals surface area (Å²) >= 11 is 0. The van der Waals surface area contributed by atoms with Crippen molar-refractivity contribution >= 4 is 25.5 Å². The number of rotatable bonds is 6. The molecule has 0 saturated carbocycles. The fraction of sp³-hybridized carbons (Fsp3) is 0.316. The lowest BCUT2D eigenvalue weighted by atomic mass is 9.86. The maximum atomic E-state index is 12.8. The second-order valence-corrected chi connectivity index (χ2v) is 10.6. The Morgan fingerprint density at radius 3 is 1.15 bits per heavy atom. The predicted molar refractivity (Wildman–Crippen MR) is 101 cm³/mol. The van der Waals surface area contributed by atoms with E-state index in [1.165, 1.54) is 24.3 Å². The van der Waals surface area contributed by atoms with E-state index in [2.05, 4.69) is 0 Å². The van der Waals surface area contributed by atoms with Crippen molar-refractivity contribution in [2.24, 2.45) is 0 Å². The Morgan fingerprint density at radius 2 is 0.923 bits per heavy atom. The molecule has 0 aliphatic rings. The van der Waals surface area contributed by atoms with Gasteiger partial charge in [0.2, 0.25) is 0 Å². The fourth-order valence-corrected chi connectivity index (χ4v) is 3.97. The standard InChI is InChI=1S/C19H22O5S2/c1-13(15-5-9-17(10-6-15)25(3,21)22)19(20)14(2)16-7-11-18(12-8-16)26(4,23)24/h5-14H,1-4H3. The molecule has 0 fully saturated rings. The minimum atomic E-state index is -3.28. The van der Waals surface area contributed by atoms with Crippen LogP contribution in [-0.4, -0.2) is 35.1 Å². The maximum absolute atomic E-state index is 12.8. The third kappa shape index (κ3) is 4.59. The van der Waals surface area contributed by atoms with Gasteiger partial charge >= 0.3 is 0 Å². The van der Waals surface area contributed by atoms with Crippen molar-refractivity contribution in [2.45, 2.75) is 35.5 Å². The van der Waals surface area contributed by atoms with Crippen molar-refractivity contribution in [1.29, 1.82) is 0 Å². The van der Waals surface area contributed by atoms with E-state index in [4.69, 9.17) is 0 Å². The summed E-state index contributed by atoms with van der Waals surface area (Å²) in [5.74, 6) is -0.842. The number of sulfone groups is 2. The molecule has 2 rings (SSSR count). The first-order chi connectivity index (χ1) is 11.9. The minimum absolute atomic E-state index is 0.0239. The van der Waals surface area contributed by atoms with Crippen molar-refractivity contribution in [3.05, 3.63) is 59.7 Å². The molecule has 5 nitrogen and oxygen atoms in total. The fourth-order valence-electron chi connectivity index (χ4n) is 2.71. The Bertz CT molecular complexity index is 919. The second kappa shape index (κ2) is 7.32. The van der Waals surface area contributed by atoms with Gasteiger partial charge in [-0.3, -0.25) is 4.79 Å². The summed E-state index contributed by atoms with van der Waals surface area (Å²) in [4.78, 5) is 13.2. The Labute approximate surface area is 154 Å². The van der Waals surface area contributed by atoms with Crippen molar-refractivity contribution in [2.75, 3.05) is 12.5 Å². The van der Waals surface area contributed by atoms with E-state index in [1.807, 2.05) is 0 Å². The third-order valence-corrected chi connectivity index (χ3v) is 6.73. The van der Waals surface area contributed by atoms with Crippen LogP contribution in [0.25, 0.3) is 0 Å². The van der Waals surface area contributed by atoms with Crippen LogP contribution in [0.15, 0.2) is 58.3 Å². The van der Waals surface area contributed by atoms with Crippen LogP contribution in [0.5, 0.6) is 0 Å². The van der Waals surface area contributed by atoms with Gasteiger partial charge in [-0.1, -0.05) is 38.1 Å². The number of ketones is 1. The van der Waals surface area contributed by atoms with E-state index in [0.29, 0.717) is 0 Å². The molecule has 140 valence electrons. The minimum Gasteiger partial charge on any atom is -0.298 e. The number of benzene rings is 2. The van der Waals surface area contributed by atoms with Crippen molar-refractivity contribution in [3.63, 3.8) is 0 Å². The number of hydrogen-bond donors (Lipinski definition) is 0. The summed E-state index contributed by atoms with van der Waals surface area (Å²) in [7, 11) is -6.55. The Hall–Kier alpha value is -1.99. The average molecular weight is 395 g/mol. The highest BCUT2D eigenvalue weighted by molar-refractivity contribution is 7.91. The van der Waals surface area contributed by atoms with Crippen LogP contribution in [0.1, 0.15) is 36.8 Å². The molecule has 0 aliphatic carbocycles. The van der Waals surface area contributed by atoms with Gasteiger partial charge in [-0.2, -0.15) is 0 Å². The molecule has 0 aromatic heterocycles. The molecule has 2 aromatic rings. The Kier molecular flexibility index (Phi) is 5.73. The molecule has 0 saturated heterocycles. The summed E-state index contributed by atoms with van der Waals surface area (Å²) in [6.45, 7) is 3.55. The molecule has 2 unspecified atom stereocenters. The van der Waals surface area contributed by atoms with E-state index in [0.717, 1.165) is 23.6 Å². The van der Waals surface area contributed by atoms with E-state index >= 15 is 0 Å². The molecule has 0 amide bonds. The zero-order valence-corrected chi connectivity index (χ0v) is 16.8. The van der Waals surface area contributed by atoms with Gasteiger partial charge in [-0.05, 0) is 35.4 Å². The molecule has 0 heterocycles. The second-order valence-electron chi connectivity index (χ2n) is 6.53. The third-order valence-electron chi connectivity index (χ3n) is 4.47. The van der Waals surface area contributed by atoms with Crippen LogP contribution in [0.4, 0.5) is 0 Å². The number of carbonyl (C=O) groups excluding carboxylic acids is 1. The first-order valence-corrected chi connectivity index (χ1v) is 11.8. The summed E-state index contributed by atoms with van der Waals surface area (Å²) in [5, 5.41) is 0. The molecule has 0 spiro atoms. The molecule has 26 heavy (non-hydrogen) atoms. The normalized spacial score (nSPS) is 14.6. The topological polar surface area (TPSA) is 85.3 Å². The zero-order chi connectivity index (χ0) is 19.7. The van der Waals surface area contributed by atoms with E-state index in [-0.39, 0.29) is 15.6 Å². The highest BCUT2D eigenvalue weighted by Crippen LogP contribution is 2.27. The zero-order valence-electron chi connectivity index (χ0n) is 15.1. The molecule has 0 bridgehead atoms. The molecule has 0 N–H and O–H groups in total. The number of hydrogen-bond acceptors (Lipinski definition) is 5. The first kappa shape index (κ1) is 20.3. The molecule has 2 aromatic carbocycles. The summed E-state index contributed by atoms with van der Waals surface area (Å²) < 4.78 is 46.1. The SMILES string of the molecule is CC(C(=O)C(C)c1ccc(S(C)(=O)=O)cc1)c1ccc(S(C)(=O)=O)cc1. The van der Waals surface area contributed by atoms with Gasteiger partial charge in [0.1, 0.15) is 5.78 Å². The van der Waals surface area contributed by atoms with Crippen LogP contribution in [0.3, 0.4) is 0 Å². The van der Waals surface area contributed by atoms with E-state index in [1.54, 1.807) is 38.1 Å². The first-order valence-electron chi connectivity index (χ1n) is 8.05. The Balaban J connectivity index is 2.22. The van der Waals surface area contributed by atoms with E-state index in [9.17, 15) is 21.6 Å². The lowest BCUT2D eigenvalue weighted by molar-refractivity contribution is -0.121. The van der Waals surface area contributed by atoms with E-state index < -0.39 is 31.5 Å². The average Bonchev–Trinajstić information content (AvgIpc) is 2.58. The summed E-state index contributed by atoms with van der Waals surface area (Å²) in [6.07, 6.45) is 2.28. The van der Waals surface area contributed by atoms with Gasteiger partial charge in [0, 0.05) is 24.3 Å². The summed E-state index contributed by atoms with van der Waals surface area (Å²) in [6, 6.07) is 12.6. The predicted octanol–water partition coefficient (Wildman–Crippen LogP) is 2.97. The van der Waals surface area contributed by atoms with Crippen LogP contribution in [0, 0.1) is 0 Å². The summed E-state index contributed by atoms with van der Waals surface area (Å²) in [5.41, 5.74) is 1.48. The molecular formula is C19H22O5S2. The van der Waals surface area contributed by atoms with Gasteiger partial charge < -0.3 is 0 Å². The molecule has 7 heteroatoms. The maximum Gasteiger partial charge on any atom is 0.175 e. The van der Waals surface area contributed by atoms with Gasteiger partial charge in [-0.15, -0.1) is 0 Å². The number of carbonyl (C=O) groups is 1. The van der Waals surface area contributed by atoms with Gasteiger partial charge in [0.25, 0.3) is 0 Å². The van der Waals surface area contributed by atoms with Crippen molar-refractivity contribution in [1.82, 2.24) is 0 Å². The quantitative estimate of drug-likeness (QED) is 0.752. The van der Waals surface area contributed by atoms with Crippen molar-refractivity contribution in [3.8, 4) is 0 Å². The smallest absolute Gasteiger partial charge is 0.175 e. The van der Waals surface area contributed by atoms with Gasteiger partial charge in [0.15, 0.2) is 19.7 Å². The highest BCUT2D eigenvalue weighted by atomic mass is 32.2. The van der Waals surface area contributed by atoms with Crippen molar-refractivity contribution < 1.29 is 21.6 Å². The largest absolute Gasteiger partial charge is 0.298 e. The highest BCUT2D eigenvalue weighted by Gasteiger charge is 2.23. The molecular weight excluding hydrogens is 372 g/mol. The molecule has 2 atom stereocenters. The van der Waals surface area contributed by atoms with Crippen LogP contribution in [0.2, 0.25) is 0 Å². The van der Waals surface area contributed by atoms with Crippen LogP contribution >= 0.6 is 0 Å². The molecule has 0 radical (unpaired) electrons. The van der Waals surface area contributed by atoms with Crippen LogP contribution in [-0.2, 0) is 24.5 Å². The Morgan fingerprint density at radius 1 is 0.654 bits per heavy atom. The number of Topliss-reactive ketones (excluding diaryl/α,β-unsaturated/α-hetero) is 1.